The van der Waals surface area contributed by atoms with Gasteiger partial charge in [0, 0.05) is 23.5 Å². The van der Waals surface area contributed by atoms with Crippen LogP contribution in [0.15, 0.2) is 60.9 Å². The lowest BCUT2D eigenvalue weighted by Crippen LogP contribution is -2.18. The van der Waals surface area contributed by atoms with Crippen molar-refractivity contribution in [2.24, 2.45) is 5.92 Å². The number of hydrogen-bond donors (Lipinski definition) is 0. The number of alkyl halides is 1. The van der Waals surface area contributed by atoms with E-state index in [0.29, 0.717) is 11.6 Å². The van der Waals surface area contributed by atoms with Crippen molar-refractivity contribution in [2.45, 2.75) is 46.2 Å². The van der Waals surface area contributed by atoms with Crippen molar-refractivity contribution in [1.82, 2.24) is 9.97 Å². The SMILES string of the molecule is CCCCCOc1ccc(-c2cnc(-c3ccc(OCC(F)C(C)C)cc3)nc2)cc1. The van der Waals surface area contributed by atoms with Crippen LogP contribution in [0.3, 0.4) is 0 Å². The van der Waals surface area contributed by atoms with Crippen molar-refractivity contribution < 1.29 is 13.9 Å². The molecular weight excluding hydrogens is 391 g/mol. The number of aromatic nitrogens is 2. The third-order valence-corrected chi connectivity index (χ3v) is 5.10. The molecule has 0 aliphatic heterocycles. The van der Waals surface area contributed by atoms with Gasteiger partial charge in [0.05, 0.1) is 6.61 Å². The Kier molecular flexibility index (Phi) is 8.39. The van der Waals surface area contributed by atoms with Gasteiger partial charge in [-0.3, -0.25) is 0 Å². The standard InChI is InChI=1S/C26H31FN2O2/c1-4-5-6-15-30-23-11-7-20(8-12-23)22-16-28-26(29-17-22)21-9-13-24(14-10-21)31-18-25(27)19(2)3/h7-14,16-17,19,25H,4-6,15,18H2,1-3H3. The molecule has 0 saturated carbocycles. The predicted octanol–water partition coefficient (Wildman–Crippen LogP) is 6.75. The van der Waals surface area contributed by atoms with Gasteiger partial charge >= 0.3 is 0 Å². The molecule has 5 heteroatoms. The topological polar surface area (TPSA) is 44.2 Å². The van der Waals surface area contributed by atoms with Crippen LogP contribution in [0.5, 0.6) is 11.5 Å². The molecule has 0 aliphatic rings. The van der Waals surface area contributed by atoms with Gasteiger partial charge in [0.1, 0.15) is 24.3 Å². The zero-order chi connectivity index (χ0) is 22.1. The normalized spacial score (nSPS) is 12.0. The van der Waals surface area contributed by atoms with Crippen molar-refractivity contribution in [1.29, 1.82) is 0 Å². The molecule has 0 radical (unpaired) electrons. The van der Waals surface area contributed by atoms with Crippen molar-refractivity contribution in [3.05, 3.63) is 60.9 Å². The maximum Gasteiger partial charge on any atom is 0.159 e. The lowest BCUT2D eigenvalue weighted by Gasteiger charge is -2.13. The molecule has 0 bridgehead atoms. The summed E-state index contributed by atoms with van der Waals surface area (Å²) in [7, 11) is 0. The summed E-state index contributed by atoms with van der Waals surface area (Å²) in [5, 5.41) is 0. The minimum Gasteiger partial charge on any atom is -0.494 e. The second-order valence-electron chi connectivity index (χ2n) is 7.97. The Morgan fingerprint density at radius 1 is 0.774 bits per heavy atom. The average molecular weight is 423 g/mol. The maximum absolute atomic E-state index is 13.7. The fraction of sp³-hybridized carbons (Fsp3) is 0.385. The Bertz CT molecular complexity index is 910. The number of rotatable bonds is 11. The van der Waals surface area contributed by atoms with Gasteiger partial charge in [-0.2, -0.15) is 0 Å². The number of ether oxygens (including phenoxy) is 2. The van der Waals surface area contributed by atoms with Gasteiger partial charge in [-0.1, -0.05) is 45.7 Å². The Hall–Kier alpha value is -2.95. The smallest absolute Gasteiger partial charge is 0.159 e. The summed E-state index contributed by atoms with van der Waals surface area (Å²) in [5.41, 5.74) is 2.88. The van der Waals surface area contributed by atoms with Crippen LogP contribution in [0.25, 0.3) is 22.5 Å². The van der Waals surface area contributed by atoms with Crippen molar-refractivity contribution in [2.75, 3.05) is 13.2 Å². The third kappa shape index (κ3) is 6.78. The maximum atomic E-state index is 13.7. The molecule has 0 amide bonds. The zero-order valence-electron chi connectivity index (χ0n) is 18.6. The molecule has 1 aromatic heterocycles. The predicted molar refractivity (Wildman–Crippen MR) is 123 cm³/mol. The molecule has 0 spiro atoms. The van der Waals surface area contributed by atoms with Gasteiger partial charge in [0.15, 0.2) is 5.82 Å². The lowest BCUT2D eigenvalue weighted by molar-refractivity contribution is 0.155. The van der Waals surface area contributed by atoms with Crippen molar-refractivity contribution >= 4 is 0 Å². The fourth-order valence-corrected chi connectivity index (χ4v) is 2.98. The second-order valence-corrected chi connectivity index (χ2v) is 7.97. The van der Waals surface area contributed by atoms with E-state index in [1.165, 1.54) is 12.8 Å². The van der Waals surface area contributed by atoms with Crippen molar-refractivity contribution in [3.63, 3.8) is 0 Å². The monoisotopic (exact) mass is 422 g/mol. The number of unbranched alkanes of at least 4 members (excludes halogenated alkanes) is 2. The summed E-state index contributed by atoms with van der Waals surface area (Å²) in [6.45, 7) is 6.68. The molecule has 1 atom stereocenters. The van der Waals surface area contributed by atoms with Crippen LogP contribution in [0.2, 0.25) is 0 Å². The van der Waals surface area contributed by atoms with E-state index in [9.17, 15) is 4.39 Å². The van der Waals surface area contributed by atoms with E-state index in [2.05, 4.69) is 16.9 Å². The largest absolute Gasteiger partial charge is 0.494 e. The number of halogens is 1. The Labute approximate surface area is 184 Å². The molecule has 164 valence electrons. The average Bonchev–Trinajstić information content (AvgIpc) is 2.81. The first-order valence-electron chi connectivity index (χ1n) is 11.0. The van der Waals surface area contributed by atoms with Crippen LogP contribution >= 0.6 is 0 Å². The van der Waals surface area contributed by atoms with E-state index in [0.717, 1.165) is 35.5 Å². The summed E-state index contributed by atoms with van der Waals surface area (Å²) in [6.07, 6.45) is 6.12. The van der Waals surface area contributed by atoms with E-state index in [-0.39, 0.29) is 12.5 Å². The number of nitrogens with zero attached hydrogens (tertiary/aromatic N) is 2. The lowest BCUT2D eigenvalue weighted by atomic mass is 10.1. The summed E-state index contributed by atoms with van der Waals surface area (Å²) < 4.78 is 25.0. The zero-order valence-corrected chi connectivity index (χ0v) is 18.6. The highest BCUT2D eigenvalue weighted by Gasteiger charge is 2.12. The van der Waals surface area contributed by atoms with Gasteiger partial charge < -0.3 is 9.47 Å². The first-order valence-corrected chi connectivity index (χ1v) is 11.0. The van der Waals surface area contributed by atoms with Crippen LogP contribution in [-0.4, -0.2) is 29.4 Å². The van der Waals surface area contributed by atoms with Crippen LogP contribution in [0.4, 0.5) is 4.39 Å². The third-order valence-electron chi connectivity index (χ3n) is 5.10. The molecule has 1 unspecified atom stereocenters. The van der Waals surface area contributed by atoms with E-state index in [1.54, 1.807) is 0 Å². The van der Waals surface area contributed by atoms with Gasteiger partial charge in [-0.05, 0) is 54.3 Å². The molecular formula is C26H31FN2O2. The quantitative estimate of drug-likeness (QED) is 0.321. The number of benzene rings is 2. The van der Waals surface area contributed by atoms with Gasteiger partial charge in [0.2, 0.25) is 0 Å². The second kappa shape index (κ2) is 11.4. The highest BCUT2D eigenvalue weighted by Crippen LogP contribution is 2.24. The Morgan fingerprint density at radius 3 is 1.94 bits per heavy atom. The highest BCUT2D eigenvalue weighted by molar-refractivity contribution is 5.64. The van der Waals surface area contributed by atoms with E-state index >= 15 is 0 Å². The molecule has 0 saturated heterocycles. The molecule has 0 N–H and O–H groups in total. The number of hydrogen-bond acceptors (Lipinski definition) is 4. The molecule has 0 aliphatic carbocycles. The fourth-order valence-electron chi connectivity index (χ4n) is 2.98. The molecule has 2 aromatic carbocycles. The Morgan fingerprint density at radius 2 is 1.35 bits per heavy atom. The van der Waals surface area contributed by atoms with Crippen LogP contribution < -0.4 is 9.47 Å². The van der Waals surface area contributed by atoms with E-state index in [1.807, 2.05) is 74.8 Å². The summed E-state index contributed by atoms with van der Waals surface area (Å²) >= 11 is 0. The van der Waals surface area contributed by atoms with E-state index in [4.69, 9.17) is 9.47 Å². The van der Waals surface area contributed by atoms with Gasteiger partial charge in [0.25, 0.3) is 0 Å². The first-order chi connectivity index (χ1) is 15.1. The molecule has 31 heavy (non-hydrogen) atoms. The summed E-state index contributed by atoms with van der Waals surface area (Å²) in [4.78, 5) is 9.00. The molecule has 3 rings (SSSR count). The molecule has 3 aromatic rings. The van der Waals surface area contributed by atoms with Crippen molar-refractivity contribution in [3.8, 4) is 34.0 Å². The summed E-state index contributed by atoms with van der Waals surface area (Å²) in [6, 6.07) is 15.4. The van der Waals surface area contributed by atoms with Gasteiger partial charge in [-0.15, -0.1) is 0 Å². The van der Waals surface area contributed by atoms with Crippen LogP contribution in [-0.2, 0) is 0 Å². The van der Waals surface area contributed by atoms with Gasteiger partial charge in [-0.25, -0.2) is 14.4 Å². The molecule has 0 fully saturated rings. The van der Waals surface area contributed by atoms with E-state index < -0.39 is 6.17 Å². The Balaban J connectivity index is 1.58. The molecule has 1 heterocycles. The minimum absolute atomic E-state index is 0.0549. The minimum atomic E-state index is -0.975. The van der Waals surface area contributed by atoms with Crippen LogP contribution in [0.1, 0.15) is 40.0 Å². The highest BCUT2D eigenvalue weighted by atomic mass is 19.1. The van der Waals surface area contributed by atoms with Crippen LogP contribution in [0, 0.1) is 5.92 Å². The first kappa shape index (κ1) is 22.7. The summed E-state index contributed by atoms with van der Waals surface area (Å²) in [5.74, 6) is 2.10. The molecule has 4 nitrogen and oxygen atoms in total.